The number of hydrazone groups is 1. The minimum absolute atomic E-state index is 0.298. The van der Waals surface area contributed by atoms with E-state index in [2.05, 4.69) is 22.7 Å². The Morgan fingerprint density at radius 1 is 1.45 bits per heavy atom. The fraction of sp³-hybridized carbons (Fsp3) is 0.375. The summed E-state index contributed by atoms with van der Waals surface area (Å²) in [4.78, 5) is 12.0. The molecule has 2 aliphatic carbocycles. The first-order chi connectivity index (χ1) is 10.5. The van der Waals surface area contributed by atoms with Gasteiger partial charge in [0, 0.05) is 16.7 Å². The van der Waals surface area contributed by atoms with Gasteiger partial charge in [0.05, 0.1) is 5.02 Å². The van der Waals surface area contributed by atoms with E-state index in [0.717, 1.165) is 18.6 Å². The van der Waals surface area contributed by atoms with Crippen LogP contribution in [-0.4, -0.2) is 17.7 Å². The average Bonchev–Trinajstić information content (AvgIpc) is 2.83. The molecule has 0 aromatic heterocycles. The molecule has 1 amide bonds. The maximum atomic E-state index is 12.0. The molecule has 0 unspecified atom stereocenters. The molecule has 6 heteroatoms. The first kappa shape index (κ1) is 15.4. The standard InChI is InChI=1S/C16H16Cl2N2O2/c1-9(22-15-6-5-11(17)8-13(15)18)16(21)20-19-14-7-10-3-2-4-12(10)14/h2-3,5-6,8-10,12H,4,7H2,1H3,(H,20,21)/b19-14+/t9-,10-,12+/m1/s1. The Labute approximate surface area is 139 Å². The number of fused-ring (bicyclic) bond motifs is 1. The van der Waals surface area contributed by atoms with Crippen molar-refractivity contribution in [2.45, 2.75) is 25.9 Å². The minimum Gasteiger partial charge on any atom is -0.479 e. The van der Waals surface area contributed by atoms with Crippen molar-refractivity contribution in [3.63, 3.8) is 0 Å². The zero-order valence-electron chi connectivity index (χ0n) is 12.1. The Hall–Kier alpha value is -1.52. The summed E-state index contributed by atoms with van der Waals surface area (Å²) in [6, 6.07) is 4.88. The SMILES string of the molecule is C[C@@H](Oc1ccc(Cl)cc1Cl)C(=O)N/N=C1\C[C@H]2C=CC[C@H]12. The van der Waals surface area contributed by atoms with E-state index < -0.39 is 6.10 Å². The fourth-order valence-corrected chi connectivity index (χ4v) is 3.15. The Morgan fingerprint density at radius 2 is 2.27 bits per heavy atom. The van der Waals surface area contributed by atoms with Crippen LogP contribution in [0.2, 0.25) is 10.0 Å². The molecule has 3 atom stereocenters. The van der Waals surface area contributed by atoms with Gasteiger partial charge in [-0.2, -0.15) is 5.10 Å². The van der Waals surface area contributed by atoms with E-state index in [-0.39, 0.29) is 5.91 Å². The normalized spacial score (nSPS) is 25.5. The van der Waals surface area contributed by atoms with E-state index in [4.69, 9.17) is 27.9 Å². The molecule has 116 valence electrons. The molecule has 0 heterocycles. The van der Waals surface area contributed by atoms with Crippen LogP contribution in [0.1, 0.15) is 19.8 Å². The van der Waals surface area contributed by atoms with Gasteiger partial charge in [0.15, 0.2) is 6.10 Å². The summed E-state index contributed by atoms with van der Waals surface area (Å²) in [5, 5.41) is 5.11. The first-order valence-electron chi connectivity index (χ1n) is 7.19. The van der Waals surface area contributed by atoms with Crippen LogP contribution in [0.5, 0.6) is 5.75 Å². The lowest BCUT2D eigenvalue weighted by atomic mass is 9.74. The highest BCUT2D eigenvalue weighted by Gasteiger charge is 2.38. The molecule has 0 spiro atoms. The quantitative estimate of drug-likeness (QED) is 0.670. The molecule has 3 rings (SSSR count). The first-order valence-corrected chi connectivity index (χ1v) is 7.95. The Kier molecular flexibility index (Phi) is 4.41. The van der Waals surface area contributed by atoms with Crippen molar-refractivity contribution < 1.29 is 9.53 Å². The monoisotopic (exact) mass is 338 g/mol. The van der Waals surface area contributed by atoms with Crippen LogP contribution < -0.4 is 10.2 Å². The number of halogens is 2. The van der Waals surface area contributed by atoms with E-state index >= 15 is 0 Å². The van der Waals surface area contributed by atoms with E-state index in [1.165, 1.54) is 0 Å². The Morgan fingerprint density at radius 3 is 3.00 bits per heavy atom. The zero-order valence-corrected chi connectivity index (χ0v) is 13.6. The van der Waals surface area contributed by atoms with Gasteiger partial charge >= 0.3 is 0 Å². The van der Waals surface area contributed by atoms with Gasteiger partial charge in [-0.25, -0.2) is 5.43 Å². The van der Waals surface area contributed by atoms with Crippen LogP contribution in [0.25, 0.3) is 0 Å². The smallest absolute Gasteiger partial charge is 0.280 e. The maximum Gasteiger partial charge on any atom is 0.280 e. The molecule has 0 bridgehead atoms. The van der Waals surface area contributed by atoms with Gasteiger partial charge in [-0.15, -0.1) is 0 Å². The van der Waals surface area contributed by atoms with Gasteiger partial charge in [0.1, 0.15) is 5.75 Å². The van der Waals surface area contributed by atoms with E-state index in [0.29, 0.717) is 27.6 Å². The maximum absolute atomic E-state index is 12.0. The second kappa shape index (κ2) is 6.31. The second-order valence-corrected chi connectivity index (χ2v) is 6.40. The summed E-state index contributed by atoms with van der Waals surface area (Å²) >= 11 is 11.8. The number of nitrogens with one attached hydrogen (secondary N) is 1. The number of hydrogen-bond acceptors (Lipinski definition) is 3. The van der Waals surface area contributed by atoms with E-state index in [9.17, 15) is 4.79 Å². The molecule has 1 aromatic rings. The van der Waals surface area contributed by atoms with E-state index in [1.54, 1.807) is 25.1 Å². The molecule has 0 radical (unpaired) electrons. The third kappa shape index (κ3) is 3.13. The van der Waals surface area contributed by atoms with Gasteiger partial charge < -0.3 is 4.74 Å². The lowest BCUT2D eigenvalue weighted by molar-refractivity contribution is -0.127. The molecule has 1 N–H and O–H groups in total. The topological polar surface area (TPSA) is 50.7 Å². The molecule has 0 saturated heterocycles. The molecule has 22 heavy (non-hydrogen) atoms. The fourth-order valence-electron chi connectivity index (χ4n) is 2.70. The van der Waals surface area contributed by atoms with Crippen molar-refractivity contribution in [1.29, 1.82) is 0 Å². The number of nitrogens with zero attached hydrogens (tertiary/aromatic N) is 1. The minimum atomic E-state index is -0.694. The number of amides is 1. The van der Waals surface area contributed by atoms with E-state index in [1.807, 2.05) is 0 Å². The van der Waals surface area contributed by atoms with Gasteiger partial charge in [0.2, 0.25) is 0 Å². The number of benzene rings is 1. The van der Waals surface area contributed by atoms with Gasteiger partial charge in [-0.05, 0) is 43.9 Å². The van der Waals surface area contributed by atoms with Crippen LogP contribution in [0.4, 0.5) is 0 Å². The van der Waals surface area contributed by atoms with Crippen molar-refractivity contribution in [3.05, 3.63) is 40.4 Å². The highest BCUT2D eigenvalue weighted by Crippen LogP contribution is 2.40. The van der Waals surface area contributed by atoms with Crippen molar-refractivity contribution in [2.75, 3.05) is 0 Å². The number of carbonyl (C=O) groups is 1. The number of carbonyl (C=O) groups excluding carboxylic acids is 1. The average molecular weight is 339 g/mol. The Balaban J connectivity index is 1.55. The summed E-state index contributed by atoms with van der Waals surface area (Å²) in [6.45, 7) is 1.65. The molecule has 1 fully saturated rings. The summed E-state index contributed by atoms with van der Waals surface area (Å²) in [5.74, 6) is 1.21. The number of allylic oxidation sites excluding steroid dienone is 2. The Bertz CT molecular complexity index is 658. The summed E-state index contributed by atoms with van der Waals surface area (Å²) in [6.07, 6.45) is 5.65. The van der Waals surface area contributed by atoms with Crippen LogP contribution in [-0.2, 0) is 4.79 Å². The second-order valence-electron chi connectivity index (χ2n) is 5.55. The van der Waals surface area contributed by atoms with Crippen LogP contribution in [0.15, 0.2) is 35.5 Å². The molecular weight excluding hydrogens is 323 g/mol. The van der Waals surface area contributed by atoms with Crippen molar-refractivity contribution >= 4 is 34.8 Å². The largest absolute Gasteiger partial charge is 0.479 e. The number of hydrogen-bond donors (Lipinski definition) is 1. The summed E-state index contributed by atoms with van der Waals surface area (Å²) < 4.78 is 5.55. The molecule has 1 aromatic carbocycles. The van der Waals surface area contributed by atoms with Crippen LogP contribution in [0, 0.1) is 11.8 Å². The lowest BCUT2D eigenvalue weighted by Crippen LogP contribution is -2.38. The zero-order chi connectivity index (χ0) is 15.7. The highest BCUT2D eigenvalue weighted by atomic mass is 35.5. The predicted octanol–water partition coefficient (Wildman–Crippen LogP) is 3.83. The van der Waals surface area contributed by atoms with Crippen LogP contribution in [0.3, 0.4) is 0 Å². The number of rotatable bonds is 4. The van der Waals surface area contributed by atoms with Crippen molar-refractivity contribution in [1.82, 2.24) is 5.43 Å². The molecule has 2 aliphatic rings. The van der Waals surface area contributed by atoms with Crippen LogP contribution >= 0.6 is 23.2 Å². The van der Waals surface area contributed by atoms with Gasteiger partial charge in [-0.3, -0.25) is 4.79 Å². The predicted molar refractivity (Wildman–Crippen MR) is 87.5 cm³/mol. The van der Waals surface area contributed by atoms with Gasteiger partial charge in [0.25, 0.3) is 5.91 Å². The molecule has 0 aliphatic heterocycles. The summed E-state index contributed by atoms with van der Waals surface area (Å²) in [5.41, 5.74) is 3.63. The third-order valence-corrected chi connectivity index (χ3v) is 4.57. The number of ether oxygens (including phenoxy) is 1. The summed E-state index contributed by atoms with van der Waals surface area (Å²) in [7, 11) is 0. The highest BCUT2D eigenvalue weighted by molar-refractivity contribution is 6.35. The van der Waals surface area contributed by atoms with Gasteiger partial charge in [-0.1, -0.05) is 35.4 Å². The molecular formula is C16H16Cl2N2O2. The lowest BCUT2D eigenvalue weighted by Gasteiger charge is -2.31. The molecule has 1 saturated carbocycles. The molecule has 4 nitrogen and oxygen atoms in total. The van der Waals surface area contributed by atoms with Crippen molar-refractivity contribution in [2.24, 2.45) is 16.9 Å². The third-order valence-electron chi connectivity index (χ3n) is 4.04. The van der Waals surface area contributed by atoms with Crippen molar-refractivity contribution in [3.8, 4) is 5.75 Å².